The number of nitrogens with one attached hydrogen (secondary N) is 1. The molecule has 2 aromatic rings. The van der Waals surface area contributed by atoms with Gasteiger partial charge in [-0.05, 0) is 56.0 Å². The Morgan fingerprint density at radius 3 is 2.59 bits per heavy atom. The highest BCUT2D eigenvalue weighted by atomic mass is 16.3. The molecule has 2 heterocycles. The molecular formula is C18H24N2O2. The summed E-state index contributed by atoms with van der Waals surface area (Å²) in [6.07, 6.45) is 2.02. The van der Waals surface area contributed by atoms with Crippen molar-refractivity contribution < 1.29 is 9.21 Å². The number of carbonyl (C=O) groups is 1. The summed E-state index contributed by atoms with van der Waals surface area (Å²) in [5.41, 5.74) is 3.52. The molecule has 118 valence electrons. The highest BCUT2D eigenvalue weighted by Crippen LogP contribution is 2.23. The Morgan fingerprint density at radius 2 is 1.91 bits per heavy atom. The van der Waals surface area contributed by atoms with E-state index < -0.39 is 0 Å². The molecular weight excluding hydrogens is 276 g/mol. The number of hydrogen-bond donors (Lipinski definition) is 1. The van der Waals surface area contributed by atoms with Crippen LogP contribution in [0.3, 0.4) is 0 Å². The zero-order chi connectivity index (χ0) is 15.7. The summed E-state index contributed by atoms with van der Waals surface area (Å²) in [5.74, 6) is 1.16. The van der Waals surface area contributed by atoms with Gasteiger partial charge in [0.05, 0.1) is 6.54 Å². The third kappa shape index (κ3) is 3.17. The molecule has 1 aromatic heterocycles. The standard InChI is InChI=1S/C18H24N2O2/c1-12-8-15-10-17(22-18(15)9-13(12)2)11-19-16-4-6-20(7-5-16)14(3)21/h8-10,16,19H,4-7,11H2,1-3H3. The number of rotatable bonds is 3. The van der Waals surface area contributed by atoms with Gasteiger partial charge in [-0.15, -0.1) is 0 Å². The summed E-state index contributed by atoms with van der Waals surface area (Å²) in [7, 11) is 0. The van der Waals surface area contributed by atoms with E-state index in [0.717, 1.165) is 43.8 Å². The lowest BCUT2D eigenvalue weighted by Gasteiger charge is -2.31. The maximum absolute atomic E-state index is 11.3. The minimum Gasteiger partial charge on any atom is -0.460 e. The van der Waals surface area contributed by atoms with E-state index >= 15 is 0 Å². The average Bonchev–Trinajstić information content (AvgIpc) is 2.88. The second kappa shape index (κ2) is 6.13. The van der Waals surface area contributed by atoms with Gasteiger partial charge in [0.25, 0.3) is 0 Å². The van der Waals surface area contributed by atoms with Gasteiger partial charge in [-0.25, -0.2) is 0 Å². The van der Waals surface area contributed by atoms with Crippen LogP contribution in [0.5, 0.6) is 0 Å². The molecule has 1 amide bonds. The highest BCUT2D eigenvalue weighted by molar-refractivity contribution is 5.79. The van der Waals surface area contributed by atoms with Crippen LogP contribution in [-0.4, -0.2) is 29.9 Å². The van der Waals surface area contributed by atoms with Gasteiger partial charge in [0, 0.05) is 31.4 Å². The van der Waals surface area contributed by atoms with Gasteiger partial charge >= 0.3 is 0 Å². The maximum atomic E-state index is 11.3. The van der Waals surface area contributed by atoms with Crippen molar-refractivity contribution >= 4 is 16.9 Å². The van der Waals surface area contributed by atoms with Crippen LogP contribution in [0.2, 0.25) is 0 Å². The Hall–Kier alpha value is -1.81. The van der Waals surface area contributed by atoms with Crippen molar-refractivity contribution in [2.45, 2.75) is 46.2 Å². The van der Waals surface area contributed by atoms with Crippen LogP contribution >= 0.6 is 0 Å². The number of fused-ring (bicyclic) bond motifs is 1. The molecule has 1 aliphatic heterocycles. The quantitative estimate of drug-likeness (QED) is 0.947. The first-order valence-electron chi connectivity index (χ1n) is 8.01. The Balaban J connectivity index is 1.59. The van der Waals surface area contributed by atoms with E-state index in [4.69, 9.17) is 4.42 Å². The van der Waals surface area contributed by atoms with Crippen molar-refractivity contribution in [3.05, 3.63) is 35.1 Å². The number of piperidine rings is 1. The van der Waals surface area contributed by atoms with Gasteiger partial charge in [-0.1, -0.05) is 0 Å². The summed E-state index contributed by atoms with van der Waals surface area (Å²) in [6, 6.07) is 6.88. The third-order valence-corrected chi connectivity index (χ3v) is 4.69. The zero-order valence-electron chi connectivity index (χ0n) is 13.6. The molecule has 3 rings (SSSR count). The molecule has 1 N–H and O–H groups in total. The normalized spacial score (nSPS) is 16.4. The number of furan rings is 1. The highest BCUT2D eigenvalue weighted by Gasteiger charge is 2.20. The predicted molar refractivity (Wildman–Crippen MR) is 87.8 cm³/mol. The summed E-state index contributed by atoms with van der Waals surface area (Å²) in [5, 5.41) is 4.73. The largest absolute Gasteiger partial charge is 0.460 e. The first-order valence-corrected chi connectivity index (χ1v) is 8.01. The van der Waals surface area contributed by atoms with Crippen molar-refractivity contribution in [2.24, 2.45) is 0 Å². The van der Waals surface area contributed by atoms with Crippen LogP contribution in [-0.2, 0) is 11.3 Å². The molecule has 0 radical (unpaired) electrons. The predicted octanol–water partition coefficient (Wildman–Crippen LogP) is 3.15. The van der Waals surface area contributed by atoms with Crippen LogP contribution < -0.4 is 5.32 Å². The lowest BCUT2D eigenvalue weighted by Crippen LogP contribution is -2.43. The van der Waals surface area contributed by atoms with Crippen LogP contribution in [0.15, 0.2) is 22.6 Å². The molecule has 4 nitrogen and oxygen atoms in total. The van der Waals surface area contributed by atoms with E-state index in [1.165, 1.54) is 16.5 Å². The summed E-state index contributed by atoms with van der Waals surface area (Å²) in [4.78, 5) is 13.3. The first-order chi connectivity index (χ1) is 10.5. The van der Waals surface area contributed by atoms with Crippen LogP contribution in [0.1, 0.15) is 36.7 Å². The number of benzene rings is 1. The van der Waals surface area contributed by atoms with Crippen molar-refractivity contribution in [3.63, 3.8) is 0 Å². The monoisotopic (exact) mass is 300 g/mol. The van der Waals surface area contributed by atoms with E-state index in [2.05, 4.69) is 37.4 Å². The molecule has 0 spiro atoms. The van der Waals surface area contributed by atoms with Crippen LogP contribution in [0, 0.1) is 13.8 Å². The Kier molecular flexibility index (Phi) is 4.21. The van der Waals surface area contributed by atoms with Crippen LogP contribution in [0.25, 0.3) is 11.0 Å². The third-order valence-electron chi connectivity index (χ3n) is 4.69. The van der Waals surface area contributed by atoms with Gasteiger partial charge in [0.2, 0.25) is 5.91 Å². The van der Waals surface area contributed by atoms with Crippen molar-refractivity contribution in [2.75, 3.05) is 13.1 Å². The molecule has 4 heteroatoms. The molecule has 1 aromatic carbocycles. The molecule has 22 heavy (non-hydrogen) atoms. The maximum Gasteiger partial charge on any atom is 0.219 e. The van der Waals surface area contributed by atoms with Gasteiger partial charge in [0.1, 0.15) is 11.3 Å². The van der Waals surface area contributed by atoms with E-state index in [1.54, 1.807) is 6.92 Å². The van der Waals surface area contributed by atoms with Crippen molar-refractivity contribution in [1.82, 2.24) is 10.2 Å². The minimum atomic E-state index is 0.182. The van der Waals surface area contributed by atoms with Gasteiger partial charge in [0.15, 0.2) is 0 Å². The molecule has 0 saturated carbocycles. The summed E-state index contributed by atoms with van der Waals surface area (Å²) in [6.45, 7) is 8.33. The minimum absolute atomic E-state index is 0.182. The van der Waals surface area contributed by atoms with E-state index in [0.29, 0.717) is 6.04 Å². The number of hydrogen-bond acceptors (Lipinski definition) is 3. The van der Waals surface area contributed by atoms with Gasteiger partial charge in [-0.3, -0.25) is 4.79 Å². The SMILES string of the molecule is CC(=O)N1CCC(NCc2cc3cc(C)c(C)cc3o2)CC1. The number of carbonyl (C=O) groups excluding carboxylic acids is 1. The molecule has 1 fully saturated rings. The lowest BCUT2D eigenvalue weighted by molar-refractivity contribution is -0.129. The summed E-state index contributed by atoms with van der Waals surface area (Å²) >= 11 is 0. The second-order valence-corrected chi connectivity index (χ2v) is 6.35. The van der Waals surface area contributed by atoms with E-state index in [1.807, 2.05) is 4.90 Å². The molecule has 0 unspecified atom stereocenters. The van der Waals surface area contributed by atoms with Gasteiger partial charge in [-0.2, -0.15) is 0 Å². The van der Waals surface area contributed by atoms with Crippen molar-refractivity contribution in [1.29, 1.82) is 0 Å². The topological polar surface area (TPSA) is 45.5 Å². The van der Waals surface area contributed by atoms with E-state index in [-0.39, 0.29) is 5.91 Å². The molecule has 0 atom stereocenters. The Labute approximate surface area is 131 Å². The molecule has 0 aliphatic carbocycles. The number of amides is 1. The molecule has 1 aliphatic rings. The second-order valence-electron chi connectivity index (χ2n) is 6.35. The first kappa shape index (κ1) is 15.1. The Bertz CT molecular complexity index is 643. The fraction of sp³-hybridized carbons (Fsp3) is 0.500. The number of nitrogens with zero attached hydrogens (tertiary/aromatic N) is 1. The average molecular weight is 300 g/mol. The number of likely N-dealkylation sites (tertiary alicyclic amines) is 1. The summed E-state index contributed by atoms with van der Waals surface area (Å²) < 4.78 is 5.93. The smallest absolute Gasteiger partial charge is 0.219 e. The molecule has 0 bridgehead atoms. The Morgan fingerprint density at radius 1 is 1.23 bits per heavy atom. The van der Waals surface area contributed by atoms with Gasteiger partial charge < -0.3 is 14.6 Å². The number of aryl methyl sites for hydroxylation is 2. The molecule has 1 saturated heterocycles. The lowest BCUT2D eigenvalue weighted by atomic mass is 10.0. The fourth-order valence-electron chi connectivity index (χ4n) is 3.09. The van der Waals surface area contributed by atoms with Crippen LogP contribution in [0.4, 0.5) is 0 Å². The fourth-order valence-corrected chi connectivity index (χ4v) is 3.09. The van der Waals surface area contributed by atoms with E-state index in [9.17, 15) is 4.79 Å². The zero-order valence-corrected chi connectivity index (χ0v) is 13.6. The van der Waals surface area contributed by atoms with Crippen molar-refractivity contribution in [3.8, 4) is 0 Å².